The number of hydrogen-bond acceptors (Lipinski definition) is 1. The summed E-state index contributed by atoms with van der Waals surface area (Å²) in [5.74, 6) is 0.916. The Morgan fingerprint density at radius 3 is 2.79 bits per heavy atom. The molecule has 3 heteroatoms. The Morgan fingerprint density at radius 2 is 2.00 bits per heavy atom. The van der Waals surface area contributed by atoms with Crippen LogP contribution in [0.1, 0.15) is 18.1 Å². The molecule has 0 saturated carbocycles. The molecule has 0 aliphatic heterocycles. The van der Waals surface area contributed by atoms with Crippen molar-refractivity contribution in [2.75, 3.05) is 0 Å². The fourth-order valence-corrected chi connectivity index (χ4v) is 2.66. The van der Waals surface area contributed by atoms with Crippen molar-refractivity contribution in [3.8, 4) is 11.4 Å². The minimum Gasteiger partial charge on any atom is -0.338 e. The second-order valence-corrected chi connectivity index (χ2v) is 5.63. The standard InChI is InChI=1S/C16H15BrN2/c1-3-11-5-7-14-15(9-11)19-16(18-14)12-8-10(2)4-6-13(12)17/h4-9H,3H2,1-2H3,(H,18,19). The summed E-state index contributed by atoms with van der Waals surface area (Å²) in [6.45, 7) is 4.25. The van der Waals surface area contributed by atoms with Gasteiger partial charge >= 0.3 is 0 Å². The first kappa shape index (κ1) is 12.4. The summed E-state index contributed by atoms with van der Waals surface area (Å²) < 4.78 is 1.06. The van der Waals surface area contributed by atoms with E-state index in [0.717, 1.165) is 33.3 Å². The summed E-state index contributed by atoms with van der Waals surface area (Å²) in [5, 5.41) is 0. The molecule has 0 saturated heterocycles. The van der Waals surface area contributed by atoms with Crippen molar-refractivity contribution in [2.24, 2.45) is 0 Å². The predicted octanol–water partition coefficient (Wildman–Crippen LogP) is 4.86. The molecule has 0 unspecified atom stereocenters. The minimum absolute atomic E-state index is 0.916. The minimum atomic E-state index is 0.916. The fourth-order valence-electron chi connectivity index (χ4n) is 2.22. The maximum Gasteiger partial charge on any atom is 0.139 e. The van der Waals surface area contributed by atoms with Crippen molar-refractivity contribution >= 4 is 27.0 Å². The van der Waals surface area contributed by atoms with Gasteiger partial charge in [-0.2, -0.15) is 0 Å². The molecule has 0 aliphatic carbocycles. The van der Waals surface area contributed by atoms with E-state index in [9.17, 15) is 0 Å². The molecule has 0 bridgehead atoms. The molecule has 0 spiro atoms. The zero-order chi connectivity index (χ0) is 13.4. The number of benzene rings is 2. The van der Waals surface area contributed by atoms with Crippen molar-refractivity contribution in [2.45, 2.75) is 20.3 Å². The third kappa shape index (κ3) is 2.30. The average molecular weight is 315 g/mol. The number of fused-ring (bicyclic) bond motifs is 1. The van der Waals surface area contributed by atoms with Gasteiger partial charge in [0.15, 0.2) is 0 Å². The van der Waals surface area contributed by atoms with Crippen LogP contribution < -0.4 is 0 Å². The number of nitrogens with one attached hydrogen (secondary N) is 1. The van der Waals surface area contributed by atoms with E-state index >= 15 is 0 Å². The Morgan fingerprint density at radius 1 is 1.16 bits per heavy atom. The van der Waals surface area contributed by atoms with Crippen molar-refractivity contribution in [1.82, 2.24) is 9.97 Å². The van der Waals surface area contributed by atoms with Gasteiger partial charge in [0.2, 0.25) is 0 Å². The third-order valence-electron chi connectivity index (χ3n) is 3.33. The molecular weight excluding hydrogens is 300 g/mol. The van der Waals surface area contributed by atoms with Gasteiger partial charge in [-0.3, -0.25) is 0 Å². The molecule has 1 N–H and O–H groups in total. The molecule has 2 nitrogen and oxygen atoms in total. The molecule has 96 valence electrons. The number of aryl methyl sites for hydroxylation is 2. The van der Waals surface area contributed by atoms with Crippen LogP contribution in [0.4, 0.5) is 0 Å². The van der Waals surface area contributed by atoms with Crippen LogP contribution in [0.25, 0.3) is 22.4 Å². The van der Waals surface area contributed by atoms with Crippen molar-refractivity contribution in [3.63, 3.8) is 0 Å². The fraction of sp³-hybridized carbons (Fsp3) is 0.188. The number of rotatable bonds is 2. The predicted molar refractivity (Wildman–Crippen MR) is 83.3 cm³/mol. The van der Waals surface area contributed by atoms with E-state index < -0.39 is 0 Å². The van der Waals surface area contributed by atoms with Crippen LogP contribution in [0, 0.1) is 6.92 Å². The van der Waals surface area contributed by atoms with Crippen LogP contribution in [0.3, 0.4) is 0 Å². The summed E-state index contributed by atoms with van der Waals surface area (Å²) >= 11 is 3.59. The number of imidazole rings is 1. The van der Waals surface area contributed by atoms with Crippen LogP contribution >= 0.6 is 15.9 Å². The van der Waals surface area contributed by atoms with Gasteiger partial charge in [0.25, 0.3) is 0 Å². The third-order valence-corrected chi connectivity index (χ3v) is 4.02. The average Bonchev–Trinajstić information content (AvgIpc) is 2.83. The normalized spacial score (nSPS) is 11.1. The second kappa shape index (κ2) is 4.82. The van der Waals surface area contributed by atoms with E-state index in [1.165, 1.54) is 11.1 Å². The summed E-state index contributed by atoms with van der Waals surface area (Å²) in [5.41, 5.74) is 5.77. The molecule has 3 aromatic rings. The number of aromatic amines is 1. The van der Waals surface area contributed by atoms with Crippen molar-refractivity contribution in [1.29, 1.82) is 0 Å². The van der Waals surface area contributed by atoms with E-state index in [2.05, 4.69) is 76.1 Å². The topological polar surface area (TPSA) is 28.7 Å². The van der Waals surface area contributed by atoms with Crippen LogP contribution in [-0.2, 0) is 6.42 Å². The number of aromatic nitrogens is 2. The van der Waals surface area contributed by atoms with E-state index in [-0.39, 0.29) is 0 Å². The van der Waals surface area contributed by atoms with E-state index in [1.807, 2.05) is 0 Å². The van der Waals surface area contributed by atoms with E-state index in [4.69, 9.17) is 0 Å². The van der Waals surface area contributed by atoms with Crippen molar-refractivity contribution < 1.29 is 0 Å². The Hall–Kier alpha value is -1.61. The highest BCUT2D eigenvalue weighted by molar-refractivity contribution is 9.10. The van der Waals surface area contributed by atoms with Gasteiger partial charge in [-0.05, 0) is 43.2 Å². The van der Waals surface area contributed by atoms with Crippen LogP contribution in [0.2, 0.25) is 0 Å². The van der Waals surface area contributed by atoms with Gasteiger partial charge in [0, 0.05) is 10.0 Å². The molecule has 0 radical (unpaired) electrons. The largest absolute Gasteiger partial charge is 0.338 e. The molecule has 0 fully saturated rings. The van der Waals surface area contributed by atoms with Gasteiger partial charge in [-0.25, -0.2) is 4.98 Å². The van der Waals surface area contributed by atoms with Crippen LogP contribution in [-0.4, -0.2) is 9.97 Å². The summed E-state index contributed by atoms with van der Waals surface area (Å²) in [6.07, 6.45) is 1.04. The number of H-pyrrole nitrogens is 1. The molecule has 3 rings (SSSR count). The molecule has 19 heavy (non-hydrogen) atoms. The van der Waals surface area contributed by atoms with Gasteiger partial charge in [0.1, 0.15) is 5.82 Å². The van der Waals surface area contributed by atoms with E-state index in [0.29, 0.717) is 0 Å². The number of hydrogen-bond donors (Lipinski definition) is 1. The molecule has 0 amide bonds. The second-order valence-electron chi connectivity index (χ2n) is 4.77. The first-order valence-corrected chi connectivity index (χ1v) is 7.22. The molecule has 0 aliphatic rings. The zero-order valence-electron chi connectivity index (χ0n) is 11.0. The highest BCUT2D eigenvalue weighted by Crippen LogP contribution is 2.29. The van der Waals surface area contributed by atoms with Crippen LogP contribution in [0.5, 0.6) is 0 Å². The lowest BCUT2D eigenvalue weighted by molar-refractivity contribution is 1.14. The molecule has 1 heterocycles. The van der Waals surface area contributed by atoms with Crippen molar-refractivity contribution in [3.05, 3.63) is 52.0 Å². The van der Waals surface area contributed by atoms with Gasteiger partial charge in [-0.1, -0.05) is 40.5 Å². The molecule has 0 atom stereocenters. The Labute approximate surface area is 121 Å². The molecule has 2 aromatic carbocycles. The first-order valence-electron chi connectivity index (χ1n) is 6.42. The Kier molecular flexibility index (Phi) is 3.15. The highest BCUT2D eigenvalue weighted by Gasteiger charge is 2.09. The number of halogens is 1. The monoisotopic (exact) mass is 314 g/mol. The summed E-state index contributed by atoms with van der Waals surface area (Å²) in [6, 6.07) is 12.7. The SMILES string of the molecule is CCc1ccc2nc(-c3cc(C)ccc3Br)[nH]c2c1. The molecule has 1 aromatic heterocycles. The smallest absolute Gasteiger partial charge is 0.139 e. The highest BCUT2D eigenvalue weighted by atomic mass is 79.9. The Bertz CT molecular complexity index is 744. The lowest BCUT2D eigenvalue weighted by Gasteiger charge is -2.01. The maximum absolute atomic E-state index is 4.67. The first-order chi connectivity index (χ1) is 9.17. The van der Waals surface area contributed by atoms with Gasteiger partial charge in [-0.15, -0.1) is 0 Å². The van der Waals surface area contributed by atoms with Gasteiger partial charge in [0.05, 0.1) is 11.0 Å². The lowest BCUT2D eigenvalue weighted by Crippen LogP contribution is -1.83. The maximum atomic E-state index is 4.67. The summed E-state index contributed by atoms with van der Waals surface area (Å²) in [7, 11) is 0. The zero-order valence-corrected chi connectivity index (χ0v) is 12.6. The van der Waals surface area contributed by atoms with E-state index in [1.54, 1.807) is 0 Å². The Balaban J connectivity index is 2.17. The van der Waals surface area contributed by atoms with Gasteiger partial charge < -0.3 is 4.98 Å². The quantitative estimate of drug-likeness (QED) is 0.718. The van der Waals surface area contributed by atoms with Crippen LogP contribution in [0.15, 0.2) is 40.9 Å². The lowest BCUT2D eigenvalue weighted by atomic mass is 10.1. The molecular formula is C16H15BrN2. The number of nitrogens with zero attached hydrogens (tertiary/aromatic N) is 1. The summed E-state index contributed by atoms with van der Waals surface area (Å²) in [4.78, 5) is 8.09.